The van der Waals surface area contributed by atoms with E-state index < -0.39 is 5.60 Å². The van der Waals surface area contributed by atoms with E-state index in [0.717, 1.165) is 25.7 Å². The van der Waals surface area contributed by atoms with Gasteiger partial charge in [-0.15, -0.1) is 0 Å². The van der Waals surface area contributed by atoms with Crippen LogP contribution in [0.3, 0.4) is 0 Å². The predicted octanol–water partition coefficient (Wildman–Crippen LogP) is 2.06. The molecule has 6 nitrogen and oxygen atoms in total. The molecule has 0 aliphatic heterocycles. The van der Waals surface area contributed by atoms with Gasteiger partial charge in [0.2, 0.25) is 0 Å². The molecular formula is C16H34N2O4. The van der Waals surface area contributed by atoms with E-state index in [9.17, 15) is 9.90 Å². The van der Waals surface area contributed by atoms with Gasteiger partial charge in [-0.25, -0.2) is 4.79 Å². The predicted molar refractivity (Wildman–Crippen MR) is 88.1 cm³/mol. The number of ether oxygens (including phenoxy) is 2. The first-order valence-corrected chi connectivity index (χ1v) is 8.15. The number of alkyl carbamates (subject to hydrolysis) is 1. The summed E-state index contributed by atoms with van der Waals surface area (Å²) in [7, 11) is 1.66. The number of amides is 1. The fourth-order valence-corrected chi connectivity index (χ4v) is 2.04. The zero-order valence-electron chi connectivity index (χ0n) is 14.8. The molecule has 0 rings (SSSR count). The molecule has 0 heterocycles. The third-order valence-electron chi connectivity index (χ3n) is 3.03. The monoisotopic (exact) mass is 318 g/mol. The van der Waals surface area contributed by atoms with Crippen LogP contribution in [-0.4, -0.2) is 55.8 Å². The molecule has 6 heteroatoms. The van der Waals surface area contributed by atoms with E-state index >= 15 is 0 Å². The topological polar surface area (TPSA) is 79.8 Å². The quantitative estimate of drug-likeness (QED) is 0.508. The standard InChI is InChI=1S/C16H34N2O4/c1-6-8-14(19)11-18-13(12-21-5)9-7-10-17-15(20)22-16(2,3)4/h13-14,18-19H,6-12H2,1-5H3,(H,17,20). The number of rotatable bonds is 11. The van der Waals surface area contributed by atoms with Crippen molar-refractivity contribution in [3.05, 3.63) is 0 Å². The average Bonchev–Trinajstić information content (AvgIpc) is 2.39. The summed E-state index contributed by atoms with van der Waals surface area (Å²) in [6.45, 7) is 9.30. The lowest BCUT2D eigenvalue weighted by atomic mass is 10.1. The largest absolute Gasteiger partial charge is 0.444 e. The van der Waals surface area contributed by atoms with Crippen molar-refractivity contribution >= 4 is 6.09 Å². The van der Waals surface area contributed by atoms with Gasteiger partial charge in [0.15, 0.2) is 0 Å². The first-order valence-electron chi connectivity index (χ1n) is 8.15. The molecule has 2 unspecified atom stereocenters. The van der Waals surface area contributed by atoms with Gasteiger partial charge >= 0.3 is 6.09 Å². The highest BCUT2D eigenvalue weighted by Crippen LogP contribution is 2.06. The normalized spacial score (nSPS) is 14.5. The Kier molecular flexibility index (Phi) is 11.2. The van der Waals surface area contributed by atoms with Gasteiger partial charge in [0, 0.05) is 26.2 Å². The van der Waals surface area contributed by atoms with Crippen LogP contribution >= 0.6 is 0 Å². The molecule has 0 bridgehead atoms. The number of nitrogens with one attached hydrogen (secondary N) is 2. The molecule has 1 amide bonds. The second-order valence-electron chi connectivity index (χ2n) is 6.57. The van der Waals surface area contributed by atoms with Gasteiger partial charge in [0.25, 0.3) is 0 Å². The van der Waals surface area contributed by atoms with Gasteiger partial charge in [-0.1, -0.05) is 13.3 Å². The minimum Gasteiger partial charge on any atom is -0.444 e. The van der Waals surface area contributed by atoms with Crippen molar-refractivity contribution in [1.29, 1.82) is 0 Å². The molecule has 132 valence electrons. The summed E-state index contributed by atoms with van der Waals surface area (Å²) >= 11 is 0. The van der Waals surface area contributed by atoms with Crippen LogP contribution in [0.4, 0.5) is 4.79 Å². The number of methoxy groups -OCH3 is 1. The maximum Gasteiger partial charge on any atom is 0.407 e. The number of aliphatic hydroxyl groups is 1. The lowest BCUT2D eigenvalue weighted by Gasteiger charge is -2.21. The third-order valence-corrected chi connectivity index (χ3v) is 3.03. The second-order valence-corrected chi connectivity index (χ2v) is 6.57. The smallest absolute Gasteiger partial charge is 0.407 e. The van der Waals surface area contributed by atoms with Gasteiger partial charge in [0.1, 0.15) is 5.60 Å². The molecule has 0 saturated carbocycles. The van der Waals surface area contributed by atoms with Crippen LogP contribution < -0.4 is 10.6 Å². The summed E-state index contributed by atoms with van der Waals surface area (Å²) in [5, 5.41) is 15.8. The highest BCUT2D eigenvalue weighted by molar-refractivity contribution is 5.67. The molecule has 3 N–H and O–H groups in total. The molecule has 0 aromatic heterocycles. The zero-order chi connectivity index (χ0) is 17.0. The third kappa shape index (κ3) is 12.9. The molecule has 2 atom stereocenters. The Hall–Kier alpha value is -0.850. The molecule has 0 aromatic rings. The van der Waals surface area contributed by atoms with Crippen LogP contribution in [0.2, 0.25) is 0 Å². The number of carbonyl (C=O) groups is 1. The van der Waals surface area contributed by atoms with Crippen molar-refractivity contribution in [3.8, 4) is 0 Å². The van der Waals surface area contributed by atoms with Crippen LogP contribution in [0.15, 0.2) is 0 Å². The van der Waals surface area contributed by atoms with Gasteiger partial charge < -0.3 is 25.2 Å². The van der Waals surface area contributed by atoms with Crippen molar-refractivity contribution in [2.24, 2.45) is 0 Å². The lowest BCUT2D eigenvalue weighted by Crippen LogP contribution is -2.39. The average molecular weight is 318 g/mol. The highest BCUT2D eigenvalue weighted by Gasteiger charge is 2.16. The van der Waals surface area contributed by atoms with Gasteiger partial charge in [-0.2, -0.15) is 0 Å². The van der Waals surface area contributed by atoms with E-state index in [1.165, 1.54) is 0 Å². The fraction of sp³-hybridized carbons (Fsp3) is 0.938. The molecule has 0 saturated heterocycles. The van der Waals surface area contributed by atoms with Gasteiger partial charge in [-0.05, 0) is 40.0 Å². The van der Waals surface area contributed by atoms with E-state index in [1.807, 2.05) is 20.8 Å². The van der Waals surface area contributed by atoms with E-state index in [-0.39, 0.29) is 18.2 Å². The SMILES string of the molecule is CCCC(O)CNC(CCCNC(=O)OC(C)(C)C)COC. The molecule has 0 aliphatic carbocycles. The summed E-state index contributed by atoms with van der Waals surface area (Å²) in [6, 6.07) is 0.178. The van der Waals surface area contributed by atoms with Gasteiger partial charge in [-0.3, -0.25) is 0 Å². The van der Waals surface area contributed by atoms with Crippen LogP contribution in [0.25, 0.3) is 0 Å². The van der Waals surface area contributed by atoms with Crippen LogP contribution in [0.1, 0.15) is 53.4 Å². The molecule has 22 heavy (non-hydrogen) atoms. The summed E-state index contributed by atoms with van der Waals surface area (Å²) in [4.78, 5) is 11.5. The summed E-state index contributed by atoms with van der Waals surface area (Å²) in [5.74, 6) is 0. The van der Waals surface area contributed by atoms with E-state index in [0.29, 0.717) is 19.7 Å². The molecule has 0 fully saturated rings. The fourth-order valence-electron chi connectivity index (χ4n) is 2.04. The Morgan fingerprint density at radius 2 is 1.95 bits per heavy atom. The molecule has 0 aromatic carbocycles. The van der Waals surface area contributed by atoms with Crippen molar-refractivity contribution < 1.29 is 19.4 Å². The Labute approximate surface area is 134 Å². The zero-order valence-corrected chi connectivity index (χ0v) is 14.8. The number of carbonyl (C=O) groups excluding carboxylic acids is 1. The minimum absolute atomic E-state index is 0.178. The Bertz CT molecular complexity index is 292. The van der Waals surface area contributed by atoms with Crippen molar-refractivity contribution in [2.75, 3.05) is 26.8 Å². The number of hydrogen-bond acceptors (Lipinski definition) is 5. The number of aliphatic hydroxyl groups excluding tert-OH is 1. The van der Waals surface area contributed by atoms with Crippen LogP contribution in [0, 0.1) is 0 Å². The molecule has 0 aliphatic rings. The van der Waals surface area contributed by atoms with E-state index in [2.05, 4.69) is 17.6 Å². The highest BCUT2D eigenvalue weighted by atomic mass is 16.6. The second kappa shape index (κ2) is 11.7. The maximum atomic E-state index is 11.5. The van der Waals surface area contributed by atoms with Crippen LogP contribution in [0.5, 0.6) is 0 Å². The Morgan fingerprint density at radius 3 is 2.50 bits per heavy atom. The van der Waals surface area contributed by atoms with Crippen LogP contribution in [-0.2, 0) is 9.47 Å². The van der Waals surface area contributed by atoms with Crippen molar-refractivity contribution in [3.63, 3.8) is 0 Å². The molecule has 0 spiro atoms. The first-order chi connectivity index (χ1) is 10.3. The minimum atomic E-state index is -0.473. The maximum absolute atomic E-state index is 11.5. The molecule has 0 radical (unpaired) electrons. The Morgan fingerprint density at radius 1 is 1.27 bits per heavy atom. The van der Waals surface area contributed by atoms with E-state index in [1.54, 1.807) is 7.11 Å². The Balaban J connectivity index is 3.88. The van der Waals surface area contributed by atoms with Gasteiger partial charge in [0.05, 0.1) is 12.7 Å². The van der Waals surface area contributed by atoms with Crippen molar-refractivity contribution in [1.82, 2.24) is 10.6 Å². The lowest BCUT2D eigenvalue weighted by molar-refractivity contribution is 0.0526. The first kappa shape index (κ1) is 21.1. The number of hydrogen-bond donors (Lipinski definition) is 3. The summed E-state index contributed by atoms with van der Waals surface area (Å²) < 4.78 is 10.4. The van der Waals surface area contributed by atoms with E-state index in [4.69, 9.17) is 9.47 Å². The summed E-state index contributed by atoms with van der Waals surface area (Å²) in [6.07, 6.45) is 2.75. The summed E-state index contributed by atoms with van der Waals surface area (Å²) in [5.41, 5.74) is -0.473. The molecular weight excluding hydrogens is 284 g/mol. The van der Waals surface area contributed by atoms with Crippen molar-refractivity contribution in [2.45, 2.75) is 71.1 Å².